The van der Waals surface area contributed by atoms with Crippen LogP contribution in [0.1, 0.15) is 6.42 Å². The maximum absolute atomic E-state index is 4.48. The zero-order valence-electron chi connectivity index (χ0n) is 6.70. The molecule has 58 valence electrons. The molecule has 0 nitrogen and oxygen atoms in total. The molecule has 0 aromatic rings. The van der Waals surface area contributed by atoms with Crippen LogP contribution in [0.25, 0.3) is 0 Å². The second-order valence-electron chi connectivity index (χ2n) is 3.65. The molecule has 0 spiro atoms. The molecule has 0 amide bonds. The van der Waals surface area contributed by atoms with Crippen molar-refractivity contribution in [2.75, 3.05) is 0 Å². The third-order valence-corrected chi connectivity index (χ3v) is 4.46. The van der Waals surface area contributed by atoms with Crippen LogP contribution in [0.5, 0.6) is 0 Å². The van der Waals surface area contributed by atoms with Gasteiger partial charge in [-0.15, -0.1) is 0 Å². The summed E-state index contributed by atoms with van der Waals surface area (Å²) in [6, 6.07) is 0. The van der Waals surface area contributed by atoms with E-state index in [1.165, 1.54) is 9.70 Å². The first-order valence-electron chi connectivity index (χ1n) is 3.55. The number of allylic oxidation sites excluding steroid dienone is 4. The molecule has 1 aliphatic carbocycles. The van der Waals surface area contributed by atoms with Gasteiger partial charge < -0.3 is 0 Å². The second kappa shape index (κ2) is 2.68. The molecule has 0 unspecified atom stereocenters. The van der Waals surface area contributed by atoms with Gasteiger partial charge in [0.2, 0.25) is 0 Å². The Morgan fingerprint density at radius 3 is 2.20 bits per heavy atom. The molecule has 0 aromatic carbocycles. The van der Waals surface area contributed by atoms with Gasteiger partial charge in [-0.1, -0.05) is 0 Å². The summed E-state index contributed by atoms with van der Waals surface area (Å²) in [7, 11) is -1.07. The standard InChI is InChI=1S/C8H13Si.Co/c1-9(2,3)8-6-4-5-7-8;/h4,6H,5H2,1-3H3;. The minimum absolute atomic E-state index is 1.06. The minimum atomic E-state index is -1.07. The van der Waals surface area contributed by atoms with Gasteiger partial charge in [0.1, 0.15) is 0 Å². The Bertz CT molecular complexity index is 196. The predicted molar refractivity (Wildman–Crippen MR) is 44.1 cm³/mol. The molecule has 0 N–H and O–H groups in total. The molecule has 0 aliphatic heterocycles. The van der Waals surface area contributed by atoms with Crippen molar-refractivity contribution in [3.63, 3.8) is 0 Å². The van der Waals surface area contributed by atoms with E-state index in [1.807, 2.05) is 0 Å². The van der Waals surface area contributed by atoms with Crippen molar-refractivity contribution >= 4 is 8.07 Å². The Morgan fingerprint density at radius 2 is 2.00 bits per heavy atom. The topological polar surface area (TPSA) is 0 Å². The number of hydrogen-bond acceptors (Lipinski definition) is 0. The molecule has 0 aromatic heterocycles. The SMILES string of the molecule is C[Si](C)(C)C1=[C]([Co])CC=C1. The van der Waals surface area contributed by atoms with Gasteiger partial charge in [0.05, 0.1) is 0 Å². The third kappa shape index (κ3) is 1.62. The van der Waals surface area contributed by atoms with Gasteiger partial charge in [-0.05, 0) is 0 Å². The molecule has 2 heteroatoms. The molecule has 1 aliphatic rings. The first-order valence-corrected chi connectivity index (χ1v) is 7.57. The van der Waals surface area contributed by atoms with E-state index in [0.717, 1.165) is 6.42 Å². The Kier molecular flexibility index (Phi) is 2.22. The molecule has 0 atom stereocenters. The van der Waals surface area contributed by atoms with Crippen LogP contribution < -0.4 is 0 Å². The van der Waals surface area contributed by atoms with Crippen molar-refractivity contribution in [2.24, 2.45) is 0 Å². The van der Waals surface area contributed by atoms with Crippen molar-refractivity contribution in [1.29, 1.82) is 0 Å². The van der Waals surface area contributed by atoms with E-state index >= 15 is 0 Å². The van der Waals surface area contributed by atoms with Gasteiger partial charge in [-0.3, -0.25) is 0 Å². The fourth-order valence-corrected chi connectivity index (χ4v) is 3.99. The monoisotopic (exact) mass is 196 g/mol. The van der Waals surface area contributed by atoms with Crippen molar-refractivity contribution in [3.05, 3.63) is 21.9 Å². The van der Waals surface area contributed by atoms with E-state index in [-0.39, 0.29) is 0 Å². The molecular weight excluding hydrogens is 183 g/mol. The Morgan fingerprint density at radius 1 is 1.40 bits per heavy atom. The molecular formula is C8H13CoSi. The summed E-state index contributed by atoms with van der Waals surface area (Å²) in [5.41, 5.74) is 0. The van der Waals surface area contributed by atoms with Gasteiger partial charge >= 0.3 is 71.7 Å². The van der Waals surface area contributed by atoms with Crippen LogP contribution in [0.3, 0.4) is 0 Å². The van der Waals surface area contributed by atoms with E-state index in [9.17, 15) is 0 Å². The molecule has 0 saturated carbocycles. The van der Waals surface area contributed by atoms with Gasteiger partial charge in [-0.25, -0.2) is 0 Å². The zero-order valence-corrected chi connectivity index (χ0v) is 8.74. The normalized spacial score (nSPS) is 18.9. The van der Waals surface area contributed by atoms with E-state index < -0.39 is 8.07 Å². The van der Waals surface area contributed by atoms with Crippen LogP contribution in [0, 0.1) is 0 Å². The van der Waals surface area contributed by atoms with Crippen molar-refractivity contribution in [2.45, 2.75) is 26.1 Å². The van der Waals surface area contributed by atoms with Crippen LogP contribution in [0.15, 0.2) is 21.9 Å². The summed E-state index contributed by atoms with van der Waals surface area (Å²) in [5.74, 6) is 0. The van der Waals surface area contributed by atoms with Crippen molar-refractivity contribution < 1.29 is 15.7 Å². The molecule has 0 bridgehead atoms. The van der Waals surface area contributed by atoms with E-state index in [2.05, 4.69) is 47.5 Å². The van der Waals surface area contributed by atoms with Crippen LogP contribution in [-0.4, -0.2) is 8.07 Å². The first-order chi connectivity index (χ1) is 4.52. The molecule has 0 saturated heterocycles. The van der Waals surface area contributed by atoms with E-state index in [0.29, 0.717) is 0 Å². The molecule has 0 radical (unpaired) electrons. The Labute approximate surface area is 72.0 Å². The summed E-state index contributed by atoms with van der Waals surface area (Å²) in [5, 5.41) is 1.52. The second-order valence-corrected chi connectivity index (χ2v) is 9.32. The zero-order chi connectivity index (χ0) is 7.78. The molecule has 10 heavy (non-hydrogen) atoms. The van der Waals surface area contributed by atoms with Crippen LogP contribution >= 0.6 is 0 Å². The average molecular weight is 196 g/mol. The summed E-state index contributed by atoms with van der Waals surface area (Å²) in [6.45, 7) is 7.06. The first kappa shape index (κ1) is 8.30. The number of hydrogen-bond donors (Lipinski definition) is 0. The summed E-state index contributed by atoms with van der Waals surface area (Å²) >= 11 is 4.48. The summed E-state index contributed by atoms with van der Waals surface area (Å²) < 4.78 is 1.28. The van der Waals surface area contributed by atoms with Gasteiger partial charge in [-0.2, -0.15) is 0 Å². The van der Waals surface area contributed by atoms with Crippen molar-refractivity contribution in [1.82, 2.24) is 0 Å². The fraction of sp³-hybridized carbons (Fsp3) is 0.500. The van der Waals surface area contributed by atoms with Crippen molar-refractivity contribution in [3.8, 4) is 0 Å². The Balaban J connectivity index is 2.91. The van der Waals surface area contributed by atoms with Crippen LogP contribution in [0.4, 0.5) is 0 Å². The molecule has 1 rings (SSSR count). The predicted octanol–water partition coefficient (Wildman–Crippen LogP) is 2.62. The van der Waals surface area contributed by atoms with E-state index in [4.69, 9.17) is 0 Å². The van der Waals surface area contributed by atoms with Crippen LogP contribution in [-0.2, 0) is 15.7 Å². The van der Waals surface area contributed by atoms with Gasteiger partial charge in [0.15, 0.2) is 0 Å². The third-order valence-electron chi connectivity index (χ3n) is 1.66. The number of rotatable bonds is 1. The Hall–Kier alpha value is 0.203. The fourth-order valence-electron chi connectivity index (χ4n) is 1.11. The maximum atomic E-state index is 4.48. The van der Waals surface area contributed by atoms with Gasteiger partial charge in [0, 0.05) is 0 Å². The van der Waals surface area contributed by atoms with Crippen LogP contribution in [0.2, 0.25) is 19.6 Å². The van der Waals surface area contributed by atoms with Gasteiger partial charge in [0.25, 0.3) is 0 Å². The average Bonchev–Trinajstić information content (AvgIpc) is 2.11. The summed E-state index contributed by atoms with van der Waals surface area (Å²) in [6.07, 6.45) is 5.50. The quantitative estimate of drug-likeness (QED) is 0.565. The van der Waals surface area contributed by atoms with E-state index in [1.54, 1.807) is 0 Å². The summed E-state index contributed by atoms with van der Waals surface area (Å²) in [4.78, 5) is 0. The molecule has 0 heterocycles. The molecule has 0 fully saturated rings.